The molecule has 38 heavy (non-hydrogen) atoms. The average molecular weight is 515 g/mol. The van der Waals surface area contributed by atoms with Crippen LogP contribution in [0.15, 0.2) is 91.6 Å². The minimum absolute atomic E-state index is 0.484. The molecule has 0 unspecified atom stereocenters. The van der Waals surface area contributed by atoms with Gasteiger partial charge in [0.1, 0.15) is 18.1 Å². The maximum Gasteiger partial charge on any atom is 0.155 e. The number of nitrogens with one attached hydrogen (secondary N) is 2. The van der Waals surface area contributed by atoms with Crippen LogP contribution in [0.2, 0.25) is 0 Å². The number of aryl methyl sites for hydroxylation is 1. The highest BCUT2D eigenvalue weighted by atomic mass is 32.1. The number of nitrogens with zero attached hydrogens (tertiary/aromatic N) is 4. The Balaban J connectivity index is 1.24. The van der Waals surface area contributed by atoms with Crippen molar-refractivity contribution in [1.29, 1.82) is 0 Å². The zero-order valence-electron chi connectivity index (χ0n) is 20.5. The van der Waals surface area contributed by atoms with Gasteiger partial charge in [-0.15, -0.1) is 11.3 Å². The summed E-state index contributed by atoms with van der Waals surface area (Å²) in [4.78, 5) is 19.5. The van der Waals surface area contributed by atoms with Gasteiger partial charge >= 0.3 is 0 Å². The van der Waals surface area contributed by atoms with Crippen molar-refractivity contribution in [2.24, 2.45) is 0 Å². The van der Waals surface area contributed by atoms with Crippen molar-refractivity contribution in [3.63, 3.8) is 0 Å². The molecule has 0 fully saturated rings. The Morgan fingerprint density at radius 2 is 1.71 bits per heavy atom. The maximum absolute atomic E-state index is 5.99. The molecular weight excluding hydrogens is 492 g/mol. The molecule has 1 aromatic carbocycles. The van der Waals surface area contributed by atoms with Crippen LogP contribution in [0.3, 0.4) is 0 Å². The van der Waals surface area contributed by atoms with Gasteiger partial charge in [-0.3, -0.25) is 15.1 Å². The van der Waals surface area contributed by atoms with E-state index in [1.807, 2.05) is 61.2 Å². The lowest BCUT2D eigenvalue weighted by atomic mass is 10.1. The summed E-state index contributed by atoms with van der Waals surface area (Å²) in [6, 6.07) is 20.6. The molecule has 0 radical (unpaired) electrons. The first kappa shape index (κ1) is 22.4. The summed E-state index contributed by atoms with van der Waals surface area (Å²) in [5.74, 6) is 0.707. The Labute approximate surface area is 222 Å². The highest BCUT2D eigenvalue weighted by Gasteiger charge is 2.16. The number of thiophene rings is 1. The highest BCUT2D eigenvalue weighted by Crippen LogP contribution is 2.36. The van der Waals surface area contributed by atoms with Gasteiger partial charge in [0.2, 0.25) is 0 Å². The zero-order chi connectivity index (χ0) is 25.5. The molecule has 0 atom stereocenters. The van der Waals surface area contributed by atoms with E-state index in [1.165, 1.54) is 9.75 Å². The molecule has 0 bridgehead atoms. The summed E-state index contributed by atoms with van der Waals surface area (Å²) in [6.07, 6.45) is 9.16. The molecule has 0 aliphatic rings. The Hall–Kier alpha value is -4.82. The minimum atomic E-state index is 0.484. The van der Waals surface area contributed by atoms with Gasteiger partial charge in [0.05, 0.1) is 23.6 Å². The quantitative estimate of drug-likeness (QED) is 0.245. The fourth-order valence-electron chi connectivity index (χ4n) is 4.62. The predicted octanol–water partition coefficient (Wildman–Crippen LogP) is 7.18. The van der Waals surface area contributed by atoms with Gasteiger partial charge in [-0.25, -0.2) is 4.98 Å². The maximum atomic E-state index is 5.99. The van der Waals surface area contributed by atoms with Crippen LogP contribution in [-0.2, 0) is 6.61 Å². The van der Waals surface area contributed by atoms with Crippen molar-refractivity contribution in [3.05, 3.63) is 102 Å². The molecule has 8 heteroatoms. The van der Waals surface area contributed by atoms with E-state index in [1.54, 1.807) is 17.5 Å². The first-order valence-electron chi connectivity index (χ1n) is 12.2. The van der Waals surface area contributed by atoms with Gasteiger partial charge in [0.25, 0.3) is 0 Å². The van der Waals surface area contributed by atoms with E-state index >= 15 is 0 Å². The third kappa shape index (κ3) is 4.10. The molecular formula is C30H22N6OS. The molecule has 184 valence electrons. The van der Waals surface area contributed by atoms with Crippen LogP contribution >= 0.6 is 11.3 Å². The van der Waals surface area contributed by atoms with Crippen molar-refractivity contribution in [1.82, 2.24) is 30.1 Å². The van der Waals surface area contributed by atoms with E-state index in [4.69, 9.17) is 4.74 Å². The number of aromatic nitrogens is 6. The van der Waals surface area contributed by atoms with Gasteiger partial charge in [0, 0.05) is 55.8 Å². The van der Waals surface area contributed by atoms with Gasteiger partial charge in [-0.05, 0) is 42.8 Å². The molecule has 0 saturated carbocycles. The Kier molecular flexibility index (Phi) is 5.44. The van der Waals surface area contributed by atoms with E-state index in [2.05, 4.69) is 61.3 Å². The number of hydrogen-bond acceptors (Lipinski definition) is 6. The molecule has 7 aromatic rings. The third-order valence-electron chi connectivity index (χ3n) is 6.52. The third-order valence-corrected chi connectivity index (χ3v) is 7.55. The first-order valence-corrected chi connectivity index (χ1v) is 13.0. The molecule has 0 spiro atoms. The van der Waals surface area contributed by atoms with E-state index in [9.17, 15) is 0 Å². The van der Waals surface area contributed by atoms with E-state index < -0.39 is 0 Å². The fraction of sp³-hybridized carbons (Fsp3) is 0.0667. The second kappa shape index (κ2) is 9.24. The molecule has 0 amide bonds. The van der Waals surface area contributed by atoms with Crippen molar-refractivity contribution in [3.8, 4) is 38.7 Å². The van der Waals surface area contributed by atoms with Gasteiger partial charge in [0.15, 0.2) is 5.65 Å². The number of ether oxygens (including phenoxy) is 1. The molecule has 6 heterocycles. The van der Waals surface area contributed by atoms with Crippen molar-refractivity contribution in [2.45, 2.75) is 13.5 Å². The summed E-state index contributed by atoms with van der Waals surface area (Å²) in [5, 5.41) is 9.72. The number of benzene rings is 1. The summed E-state index contributed by atoms with van der Waals surface area (Å²) in [7, 11) is 0. The molecule has 0 saturated heterocycles. The highest BCUT2D eigenvalue weighted by molar-refractivity contribution is 7.15. The van der Waals surface area contributed by atoms with Crippen LogP contribution in [0.5, 0.6) is 5.75 Å². The Morgan fingerprint density at radius 3 is 2.58 bits per heavy atom. The molecule has 0 aliphatic carbocycles. The van der Waals surface area contributed by atoms with Crippen LogP contribution in [0.4, 0.5) is 0 Å². The second-order valence-corrected chi connectivity index (χ2v) is 10.4. The number of H-pyrrole nitrogens is 2. The van der Waals surface area contributed by atoms with Crippen LogP contribution in [0.1, 0.15) is 10.4 Å². The topological polar surface area (TPSA) is 92.4 Å². The zero-order valence-corrected chi connectivity index (χ0v) is 21.3. The number of aromatic amines is 2. The predicted molar refractivity (Wildman–Crippen MR) is 151 cm³/mol. The Morgan fingerprint density at radius 1 is 0.842 bits per heavy atom. The van der Waals surface area contributed by atoms with Gasteiger partial charge in [-0.2, -0.15) is 5.10 Å². The largest absolute Gasteiger partial charge is 0.487 e. The molecule has 7 nitrogen and oxygen atoms in total. The lowest BCUT2D eigenvalue weighted by molar-refractivity contribution is 0.305. The average Bonchev–Trinajstić information content (AvgIpc) is 3.70. The monoisotopic (exact) mass is 514 g/mol. The molecule has 2 N–H and O–H groups in total. The molecule has 7 rings (SSSR count). The lowest BCUT2D eigenvalue weighted by Crippen LogP contribution is -1.96. The SMILES string of the molecule is Cc1ccc(-c2cncc3[nH]c(-c4n[nH]c5ncc(-c6cncc(OCc7ccccc7)c6)cc45)cc23)s1. The Bertz CT molecular complexity index is 1900. The minimum Gasteiger partial charge on any atom is -0.487 e. The van der Waals surface area contributed by atoms with Gasteiger partial charge in [-0.1, -0.05) is 30.3 Å². The lowest BCUT2D eigenvalue weighted by Gasteiger charge is -2.08. The van der Waals surface area contributed by atoms with Crippen LogP contribution < -0.4 is 4.74 Å². The van der Waals surface area contributed by atoms with Crippen molar-refractivity contribution in [2.75, 3.05) is 0 Å². The van der Waals surface area contributed by atoms with E-state index in [0.29, 0.717) is 12.4 Å². The normalized spacial score (nSPS) is 11.4. The summed E-state index contributed by atoms with van der Waals surface area (Å²) in [6.45, 7) is 2.60. The molecule has 0 aliphatic heterocycles. The van der Waals surface area contributed by atoms with Gasteiger partial charge < -0.3 is 9.72 Å². The fourth-order valence-corrected chi connectivity index (χ4v) is 5.51. The molecule has 6 aromatic heterocycles. The number of hydrogen-bond donors (Lipinski definition) is 2. The smallest absolute Gasteiger partial charge is 0.155 e. The van der Waals surface area contributed by atoms with Crippen LogP contribution in [-0.4, -0.2) is 30.1 Å². The summed E-state index contributed by atoms with van der Waals surface area (Å²) < 4.78 is 5.99. The van der Waals surface area contributed by atoms with Crippen LogP contribution in [0.25, 0.3) is 54.9 Å². The second-order valence-electron chi connectivity index (χ2n) is 9.12. The first-order chi connectivity index (χ1) is 18.7. The number of fused-ring (bicyclic) bond motifs is 2. The van der Waals surface area contributed by atoms with Crippen molar-refractivity contribution >= 4 is 33.3 Å². The summed E-state index contributed by atoms with van der Waals surface area (Å²) in [5.41, 5.74) is 7.48. The van der Waals surface area contributed by atoms with E-state index in [0.717, 1.165) is 55.6 Å². The van der Waals surface area contributed by atoms with Crippen LogP contribution in [0, 0.1) is 6.92 Å². The van der Waals surface area contributed by atoms with Crippen molar-refractivity contribution < 1.29 is 4.74 Å². The number of rotatable bonds is 6. The van der Waals surface area contributed by atoms with E-state index in [-0.39, 0.29) is 0 Å². The summed E-state index contributed by atoms with van der Waals surface area (Å²) >= 11 is 1.77. The standard InChI is InChI=1S/C30H22N6OS/c1-18-7-8-28(38-18)25-15-32-16-27-23(25)11-26(34-27)29-24-10-21(13-33-30(24)36-35-29)20-9-22(14-31-12-20)37-17-19-5-3-2-4-6-19/h2-16,34H,17H2,1H3,(H,33,35,36). The number of pyridine rings is 3.